The highest BCUT2D eigenvalue weighted by atomic mass is 32.2. The quantitative estimate of drug-likeness (QED) is 0.547. The highest BCUT2D eigenvalue weighted by Gasteiger charge is 2.22. The molecule has 1 atom stereocenters. The fourth-order valence-electron chi connectivity index (χ4n) is 2.91. The molecule has 1 heterocycles. The first-order chi connectivity index (χ1) is 14.5. The van der Waals surface area contributed by atoms with Crippen LogP contribution in [-0.4, -0.2) is 32.0 Å². The molecule has 0 spiro atoms. The van der Waals surface area contributed by atoms with Gasteiger partial charge < -0.3 is 9.88 Å². The Hall–Kier alpha value is -3.13. The van der Waals surface area contributed by atoms with Crippen molar-refractivity contribution in [3.8, 4) is 11.4 Å². The molecule has 3 amide bonds. The van der Waals surface area contributed by atoms with E-state index in [1.165, 1.54) is 11.8 Å². The summed E-state index contributed by atoms with van der Waals surface area (Å²) in [7, 11) is 0. The summed E-state index contributed by atoms with van der Waals surface area (Å²) in [4.78, 5) is 24.6. The predicted molar refractivity (Wildman–Crippen MR) is 119 cm³/mol. The van der Waals surface area contributed by atoms with Gasteiger partial charge >= 0.3 is 6.03 Å². The van der Waals surface area contributed by atoms with Crippen LogP contribution in [0.25, 0.3) is 11.4 Å². The molecule has 1 aromatic heterocycles. The molecule has 156 valence electrons. The molecule has 0 bridgehead atoms. The van der Waals surface area contributed by atoms with Crippen LogP contribution >= 0.6 is 11.8 Å². The molecule has 0 aliphatic carbocycles. The molecule has 30 heavy (non-hydrogen) atoms. The Labute approximate surface area is 180 Å². The number of hydrogen-bond donors (Lipinski definition) is 2. The molecule has 1 unspecified atom stereocenters. The maximum atomic E-state index is 12.5. The average molecular weight is 424 g/mol. The van der Waals surface area contributed by atoms with E-state index >= 15 is 0 Å². The molecule has 8 heteroatoms. The Kier molecular flexibility index (Phi) is 7.24. The lowest BCUT2D eigenvalue weighted by Crippen LogP contribution is -2.38. The average Bonchev–Trinajstić information content (AvgIpc) is 3.11. The molecule has 0 fully saturated rings. The van der Waals surface area contributed by atoms with E-state index in [0.717, 1.165) is 29.9 Å². The SMILES string of the molecule is CCCn1c(SC(C)C(=O)NC(=O)Nc2ccccc2)nnc1-c1cccc(C)c1. The molecule has 7 nitrogen and oxygen atoms in total. The molecule has 2 aromatic carbocycles. The summed E-state index contributed by atoms with van der Waals surface area (Å²) in [6.45, 7) is 6.60. The van der Waals surface area contributed by atoms with Crippen LogP contribution in [0.15, 0.2) is 59.8 Å². The fourth-order valence-corrected chi connectivity index (χ4v) is 3.78. The van der Waals surface area contributed by atoms with E-state index in [2.05, 4.69) is 33.8 Å². The molecule has 0 aliphatic rings. The van der Waals surface area contributed by atoms with Gasteiger partial charge in [-0.2, -0.15) is 0 Å². The van der Waals surface area contributed by atoms with Crippen LogP contribution in [0.3, 0.4) is 0 Å². The number of imide groups is 1. The smallest absolute Gasteiger partial charge is 0.308 e. The van der Waals surface area contributed by atoms with E-state index in [-0.39, 0.29) is 0 Å². The second-order valence-corrected chi connectivity index (χ2v) is 8.20. The standard InChI is InChI=1S/C22H25N5O2S/c1-4-13-27-19(17-10-8-9-15(2)14-17)25-26-22(27)30-16(3)20(28)24-21(29)23-18-11-6-5-7-12-18/h5-12,14,16H,4,13H2,1-3H3,(H2,23,24,28,29). The molecule has 2 N–H and O–H groups in total. The lowest BCUT2D eigenvalue weighted by molar-refractivity contribution is -0.119. The van der Waals surface area contributed by atoms with Gasteiger partial charge in [0.05, 0.1) is 5.25 Å². The third-order valence-electron chi connectivity index (χ3n) is 4.36. The minimum atomic E-state index is -0.561. The third-order valence-corrected chi connectivity index (χ3v) is 5.44. The van der Waals surface area contributed by atoms with Gasteiger partial charge in [-0.05, 0) is 38.5 Å². The van der Waals surface area contributed by atoms with Crippen molar-refractivity contribution in [1.29, 1.82) is 0 Å². The molecule has 0 radical (unpaired) electrons. The molecule has 0 saturated heterocycles. The summed E-state index contributed by atoms with van der Waals surface area (Å²) in [5.74, 6) is 0.383. The van der Waals surface area contributed by atoms with Crippen LogP contribution < -0.4 is 10.6 Å². The Balaban J connectivity index is 1.69. The number of thioether (sulfide) groups is 1. The van der Waals surface area contributed by atoms with E-state index in [1.807, 2.05) is 47.9 Å². The monoisotopic (exact) mass is 423 g/mol. The second-order valence-electron chi connectivity index (χ2n) is 6.90. The fraction of sp³-hybridized carbons (Fsp3) is 0.273. The maximum Gasteiger partial charge on any atom is 0.325 e. The Morgan fingerprint density at radius 1 is 1.10 bits per heavy atom. The summed E-state index contributed by atoms with van der Waals surface area (Å²) < 4.78 is 2.02. The first-order valence-electron chi connectivity index (χ1n) is 9.81. The van der Waals surface area contributed by atoms with E-state index in [9.17, 15) is 9.59 Å². The molecule has 3 aromatic rings. The van der Waals surface area contributed by atoms with E-state index in [4.69, 9.17) is 0 Å². The van der Waals surface area contributed by atoms with Crippen molar-refractivity contribution in [2.75, 3.05) is 5.32 Å². The van der Waals surface area contributed by atoms with Gasteiger partial charge in [0.25, 0.3) is 0 Å². The number of nitrogens with one attached hydrogen (secondary N) is 2. The number of aromatic nitrogens is 3. The topological polar surface area (TPSA) is 88.9 Å². The predicted octanol–water partition coefficient (Wildman–Crippen LogP) is 4.49. The van der Waals surface area contributed by atoms with Gasteiger partial charge in [0.1, 0.15) is 0 Å². The van der Waals surface area contributed by atoms with Crippen molar-refractivity contribution >= 4 is 29.4 Å². The lowest BCUT2D eigenvalue weighted by Gasteiger charge is -2.13. The third kappa shape index (κ3) is 5.48. The van der Waals surface area contributed by atoms with Crippen LogP contribution in [0.5, 0.6) is 0 Å². The largest absolute Gasteiger partial charge is 0.325 e. The van der Waals surface area contributed by atoms with Gasteiger partial charge in [-0.25, -0.2) is 4.79 Å². The normalized spacial score (nSPS) is 11.7. The Morgan fingerprint density at radius 3 is 2.57 bits per heavy atom. The van der Waals surface area contributed by atoms with Gasteiger partial charge in [0.15, 0.2) is 11.0 Å². The molecule has 3 rings (SSSR count). The number of para-hydroxylation sites is 1. The van der Waals surface area contributed by atoms with Crippen molar-refractivity contribution in [3.63, 3.8) is 0 Å². The van der Waals surface area contributed by atoms with Crippen molar-refractivity contribution in [2.45, 2.75) is 44.1 Å². The lowest BCUT2D eigenvalue weighted by atomic mass is 10.1. The van der Waals surface area contributed by atoms with E-state index < -0.39 is 17.2 Å². The number of carbonyl (C=O) groups is 2. The van der Waals surface area contributed by atoms with E-state index in [1.54, 1.807) is 19.1 Å². The molecule has 0 aliphatic heterocycles. The van der Waals surface area contributed by atoms with Gasteiger partial charge in [-0.1, -0.05) is 60.6 Å². The van der Waals surface area contributed by atoms with Gasteiger partial charge in [-0.3, -0.25) is 10.1 Å². The zero-order valence-corrected chi connectivity index (χ0v) is 18.1. The first kappa shape index (κ1) is 21.6. The summed E-state index contributed by atoms with van der Waals surface area (Å²) in [5.41, 5.74) is 2.75. The first-order valence-corrected chi connectivity index (χ1v) is 10.7. The number of benzene rings is 2. The summed E-state index contributed by atoms with van der Waals surface area (Å²) in [6.07, 6.45) is 0.907. The van der Waals surface area contributed by atoms with Gasteiger partial charge in [-0.15, -0.1) is 10.2 Å². The molecule has 0 saturated carbocycles. The number of anilines is 1. The highest BCUT2D eigenvalue weighted by molar-refractivity contribution is 8.00. The molecular formula is C22H25N5O2S. The van der Waals surface area contributed by atoms with Crippen molar-refractivity contribution in [1.82, 2.24) is 20.1 Å². The maximum absolute atomic E-state index is 12.5. The summed E-state index contributed by atoms with van der Waals surface area (Å²) in [6, 6.07) is 16.5. The number of aryl methyl sites for hydroxylation is 1. The van der Waals surface area contributed by atoms with Crippen molar-refractivity contribution < 1.29 is 9.59 Å². The van der Waals surface area contributed by atoms with Crippen LogP contribution in [0.4, 0.5) is 10.5 Å². The molecular weight excluding hydrogens is 398 g/mol. The van der Waals surface area contributed by atoms with Gasteiger partial charge in [0.2, 0.25) is 5.91 Å². The van der Waals surface area contributed by atoms with Crippen LogP contribution in [0, 0.1) is 6.92 Å². The highest BCUT2D eigenvalue weighted by Crippen LogP contribution is 2.27. The Bertz CT molecular complexity index is 1020. The van der Waals surface area contributed by atoms with Crippen LogP contribution in [0.1, 0.15) is 25.8 Å². The number of amides is 3. The van der Waals surface area contributed by atoms with Crippen molar-refractivity contribution in [2.24, 2.45) is 0 Å². The van der Waals surface area contributed by atoms with Crippen molar-refractivity contribution in [3.05, 3.63) is 60.2 Å². The van der Waals surface area contributed by atoms with E-state index in [0.29, 0.717) is 10.8 Å². The zero-order valence-electron chi connectivity index (χ0n) is 17.3. The number of nitrogens with zero attached hydrogens (tertiary/aromatic N) is 3. The summed E-state index contributed by atoms with van der Waals surface area (Å²) in [5, 5.41) is 13.8. The number of urea groups is 1. The minimum absolute atomic E-state index is 0.392. The minimum Gasteiger partial charge on any atom is -0.308 e. The number of rotatable bonds is 7. The summed E-state index contributed by atoms with van der Waals surface area (Å²) >= 11 is 1.28. The zero-order chi connectivity index (χ0) is 21.5. The number of carbonyl (C=O) groups excluding carboxylic acids is 2. The second kappa shape index (κ2) is 10.1. The van der Waals surface area contributed by atoms with Gasteiger partial charge in [0, 0.05) is 17.8 Å². The van der Waals surface area contributed by atoms with Crippen LogP contribution in [-0.2, 0) is 11.3 Å². The Morgan fingerprint density at radius 2 is 1.87 bits per heavy atom. The number of hydrogen-bond acceptors (Lipinski definition) is 5. The van der Waals surface area contributed by atoms with Crippen LogP contribution in [0.2, 0.25) is 0 Å².